The fourth-order valence-electron chi connectivity index (χ4n) is 2.75. The highest BCUT2D eigenvalue weighted by Gasteiger charge is 2.48. The molecule has 0 saturated heterocycles. The highest BCUT2D eigenvalue weighted by atomic mass is 79.9. The van der Waals surface area contributed by atoms with Gasteiger partial charge < -0.3 is 10.6 Å². The lowest BCUT2D eigenvalue weighted by Gasteiger charge is -2.09. The summed E-state index contributed by atoms with van der Waals surface area (Å²) in [5, 5.41) is 5.82. The summed E-state index contributed by atoms with van der Waals surface area (Å²) in [7, 11) is 0. The zero-order valence-corrected chi connectivity index (χ0v) is 15.0. The van der Waals surface area contributed by atoms with Crippen LogP contribution in [-0.2, 0) is 16.0 Å². The molecule has 24 heavy (non-hydrogen) atoms. The number of carbonyl (C=O) groups is 2. The summed E-state index contributed by atoms with van der Waals surface area (Å²) in [6.07, 6.45) is 1.45. The molecular formula is C19H19BrN2O2. The fourth-order valence-corrected chi connectivity index (χ4v) is 3.15. The normalized spacial score (nSPS) is 18.8. The van der Waals surface area contributed by atoms with E-state index in [-0.39, 0.29) is 23.7 Å². The number of hydrogen-bond acceptors (Lipinski definition) is 2. The standard InChI is InChI=1S/C19H19BrN2O2/c1-2-12-6-3-4-9-17(12)22-19(24)16-11-15(16)18(23)21-14-8-5-7-13(20)10-14/h3-10,15-16H,2,11H2,1H3,(H,21,23)(H,22,24). The molecule has 2 atom stereocenters. The molecule has 1 aliphatic carbocycles. The van der Waals surface area contributed by atoms with Gasteiger partial charge in [-0.2, -0.15) is 0 Å². The van der Waals surface area contributed by atoms with Gasteiger partial charge in [-0.3, -0.25) is 9.59 Å². The van der Waals surface area contributed by atoms with Crippen LogP contribution in [0.25, 0.3) is 0 Å². The van der Waals surface area contributed by atoms with Gasteiger partial charge in [0.25, 0.3) is 0 Å². The Morgan fingerprint density at radius 3 is 2.46 bits per heavy atom. The van der Waals surface area contributed by atoms with E-state index >= 15 is 0 Å². The van der Waals surface area contributed by atoms with Crippen LogP contribution in [0.15, 0.2) is 53.0 Å². The lowest BCUT2D eigenvalue weighted by atomic mass is 10.1. The molecule has 0 spiro atoms. The molecule has 0 bridgehead atoms. The van der Waals surface area contributed by atoms with E-state index in [4.69, 9.17) is 0 Å². The quantitative estimate of drug-likeness (QED) is 0.807. The molecule has 1 aliphatic rings. The Labute approximate surface area is 149 Å². The summed E-state index contributed by atoms with van der Waals surface area (Å²) in [6, 6.07) is 15.2. The first-order chi connectivity index (χ1) is 11.6. The molecule has 4 nitrogen and oxygen atoms in total. The summed E-state index contributed by atoms with van der Waals surface area (Å²) < 4.78 is 0.904. The van der Waals surface area contributed by atoms with Crippen molar-refractivity contribution in [1.82, 2.24) is 0 Å². The lowest BCUT2D eigenvalue weighted by molar-refractivity contribution is -0.122. The summed E-state index contributed by atoms with van der Waals surface area (Å²) in [4.78, 5) is 24.6. The van der Waals surface area contributed by atoms with Crippen molar-refractivity contribution in [2.24, 2.45) is 11.8 Å². The van der Waals surface area contributed by atoms with Gasteiger partial charge in [0.1, 0.15) is 0 Å². The number of anilines is 2. The predicted octanol–water partition coefficient (Wildman–Crippen LogP) is 4.22. The van der Waals surface area contributed by atoms with Crippen molar-refractivity contribution in [3.63, 3.8) is 0 Å². The van der Waals surface area contributed by atoms with Gasteiger partial charge in [-0.1, -0.05) is 47.1 Å². The van der Waals surface area contributed by atoms with Crippen LogP contribution < -0.4 is 10.6 Å². The van der Waals surface area contributed by atoms with Crippen LogP contribution in [-0.4, -0.2) is 11.8 Å². The van der Waals surface area contributed by atoms with Gasteiger partial charge in [0.2, 0.25) is 11.8 Å². The van der Waals surface area contributed by atoms with E-state index in [0.29, 0.717) is 6.42 Å². The van der Waals surface area contributed by atoms with Crippen molar-refractivity contribution in [2.75, 3.05) is 10.6 Å². The Balaban J connectivity index is 1.58. The number of halogens is 1. The van der Waals surface area contributed by atoms with Gasteiger partial charge in [0, 0.05) is 15.8 Å². The number of para-hydroxylation sites is 1. The van der Waals surface area contributed by atoms with E-state index in [0.717, 1.165) is 27.8 Å². The van der Waals surface area contributed by atoms with E-state index in [2.05, 4.69) is 33.5 Å². The zero-order chi connectivity index (χ0) is 17.1. The molecular weight excluding hydrogens is 368 g/mol. The molecule has 1 saturated carbocycles. The smallest absolute Gasteiger partial charge is 0.228 e. The van der Waals surface area contributed by atoms with Crippen molar-refractivity contribution in [3.8, 4) is 0 Å². The highest BCUT2D eigenvalue weighted by Crippen LogP contribution is 2.40. The van der Waals surface area contributed by atoms with Gasteiger partial charge in [-0.05, 0) is 42.7 Å². The predicted molar refractivity (Wildman–Crippen MR) is 98.8 cm³/mol. The maximum Gasteiger partial charge on any atom is 0.228 e. The van der Waals surface area contributed by atoms with Crippen molar-refractivity contribution >= 4 is 39.1 Å². The molecule has 2 aromatic carbocycles. The number of aryl methyl sites for hydroxylation is 1. The molecule has 0 aromatic heterocycles. The first-order valence-corrected chi connectivity index (χ1v) is 8.83. The minimum absolute atomic E-state index is 0.0784. The maximum atomic E-state index is 12.4. The summed E-state index contributed by atoms with van der Waals surface area (Å²) >= 11 is 3.38. The number of carbonyl (C=O) groups excluding carboxylic acids is 2. The molecule has 124 valence electrons. The van der Waals surface area contributed by atoms with Crippen LogP contribution in [0.1, 0.15) is 18.9 Å². The zero-order valence-electron chi connectivity index (χ0n) is 13.4. The van der Waals surface area contributed by atoms with Crippen molar-refractivity contribution in [2.45, 2.75) is 19.8 Å². The number of nitrogens with one attached hydrogen (secondary N) is 2. The van der Waals surface area contributed by atoms with E-state index < -0.39 is 0 Å². The summed E-state index contributed by atoms with van der Waals surface area (Å²) in [5.41, 5.74) is 2.67. The maximum absolute atomic E-state index is 12.4. The highest BCUT2D eigenvalue weighted by molar-refractivity contribution is 9.10. The average Bonchev–Trinajstić information content (AvgIpc) is 3.36. The monoisotopic (exact) mass is 386 g/mol. The molecule has 0 heterocycles. The number of rotatable bonds is 5. The van der Waals surface area contributed by atoms with Crippen LogP contribution in [0.3, 0.4) is 0 Å². The van der Waals surface area contributed by atoms with Gasteiger partial charge in [-0.15, -0.1) is 0 Å². The van der Waals surface area contributed by atoms with E-state index in [1.807, 2.05) is 48.5 Å². The van der Waals surface area contributed by atoms with Crippen LogP contribution in [0.4, 0.5) is 11.4 Å². The third-order valence-electron chi connectivity index (χ3n) is 4.21. The molecule has 1 fully saturated rings. The number of hydrogen-bond donors (Lipinski definition) is 2. The van der Waals surface area contributed by atoms with Crippen LogP contribution in [0.2, 0.25) is 0 Å². The molecule has 2 unspecified atom stereocenters. The molecule has 2 aromatic rings. The van der Waals surface area contributed by atoms with Crippen molar-refractivity contribution in [3.05, 3.63) is 58.6 Å². The molecule has 0 aliphatic heterocycles. The minimum atomic E-state index is -0.252. The SMILES string of the molecule is CCc1ccccc1NC(=O)C1CC1C(=O)Nc1cccc(Br)c1. The Kier molecular flexibility index (Phi) is 5.00. The van der Waals surface area contributed by atoms with E-state index in [9.17, 15) is 9.59 Å². The Bertz CT molecular complexity index is 775. The molecule has 0 radical (unpaired) electrons. The first-order valence-electron chi connectivity index (χ1n) is 8.03. The van der Waals surface area contributed by atoms with Crippen LogP contribution >= 0.6 is 15.9 Å². The third kappa shape index (κ3) is 3.85. The second kappa shape index (κ2) is 7.18. The largest absolute Gasteiger partial charge is 0.326 e. The van der Waals surface area contributed by atoms with E-state index in [1.165, 1.54) is 0 Å². The van der Waals surface area contributed by atoms with Crippen molar-refractivity contribution < 1.29 is 9.59 Å². The molecule has 2 N–H and O–H groups in total. The summed E-state index contributed by atoms with van der Waals surface area (Å²) in [5.74, 6) is -0.679. The van der Waals surface area contributed by atoms with Gasteiger partial charge in [0.15, 0.2) is 0 Å². The van der Waals surface area contributed by atoms with Crippen LogP contribution in [0.5, 0.6) is 0 Å². The molecule has 5 heteroatoms. The molecule has 3 rings (SSSR count). The fraction of sp³-hybridized carbons (Fsp3) is 0.263. The number of benzene rings is 2. The van der Waals surface area contributed by atoms with Gasteiger partial charge >= 0.3 is 0 Å². The van der Waals surface area contributed by atoms with Crippen molar-refractivity contribution in [1.29, 1.82) is 0 Å². The lowest BCUT2D eigenvalue weighted by Crippen LogP contribution is -2.21. The minimum Gasteiger partial charge on any atom is -0.326 e. The van der Waals surface area contributed by atoms with E-state index in [1.54, 1.807) is 0 Å². The first kappa shape index (κ1) is 16.7. The molecule has 2 amide bonds. The Hall–Kier alpha value is -2.14. The summed E-state index contributed by atoms with van der Waals surface area (Å²) in [6.45, 7) is 2.05. The number of amides is 2. The second-order valence-corrected chi connectivity index (χ2v) is 6.86. The Morgan fingerprint density at radius 1 is 1.04 bits per heavy atom. The third-order valence-corrected chi connectivity index (χ3v) is 4.71. The second-order valence-electron chi connectivity index (χ2n) is 5.95. The Morgan fingerprint density at radius 2 is 1.75 bits per heavy atom. The average molecular weight is 387 g/mol. The van der Waals surface area contributed by atoms with Crippen LogP contribution in [0, 0.1) is 11.8 Å². The topological polar surface area (TPSA) is 58.2 Å². The van der Waals surface area contributed by atoms with Gasteiger partial charge in [0.05, 0.1) is 11.8 Å². The van der Waals surface area contributed by atoms with Gasteiger partial charge in [-0.25, -0.2) is 0 Å².